The van der Waals surface area contributed by atoms with Crippen molar-refractivity contribution < 1.29 is 18.8 Å². The Bertz CT molecular complexity index is 962. The summed E-state index contributed by atoms with van der Waals surface area (Å²) in [6.45, 7) is 3.36. The normalized spacial score (nSPS) is 16.0. The molecule has 2 heterocycles. The van der Waals surface area contributed by atoms with Gasteiger partial charge in [-0.1, -0.05) is 47.1 Å². The van der Waals surface area contributed by atoms with Gasteiger partial charge in [0.15, 0.2) is 6.61 Å². The van der Waals surface area contributed by atoms with E-state index in [1.54, 1.807) is 18.2 Å². The fourth-order valence-electron chi connectivity index (χ4n) is 3.16. The molecule has 1 aromatic heterocycles. The van der Waals surface area contributed by atoms with Crippen LogP contribution in [0.25, 0.3) is 11.4 Å². The van der Waals surface area contributed by atoms with Crippen molar-refractivity contribution in [3.05, 3.63) is 65.5 Å². The second-order valence-electron chi connectivity index (χ2n) is 7.01. The van der Waals surface area contributed by atoms with Crippen molar-refractivity contribution in [2.24, 2.45) is 0 Å². The molecule has 3 aromatic rings. The summed E-state index contributed by atoms with van der Waals surface area (Å²) in [6.07, 6.45) is 2.10. The molecule has 1 N–H and O–H groups in total. The zero-order chi connectivity index (χ0) is 20.1. The molecule has 0 unspecified atom stereocenters. The lowest BCUT2D eigenvalue weighted by molar-refractivity contribution is 0.0853. The summed E-state index contributed by atoms with van der Waals surface area (Å²) in [5.74, 6) is 1.12. The predicted octanol–water partition coefficient (Wildman–Crippen LogP) is 3.53. The topological polar surface area (TPSA) is 86.5 Å². The van der Waals surface area contributed by atoms with Gasteiger partial charge in [-0.15, -0.1) is 0 Å². The van der Waals surface area contributed by atoms with Gasteiger partial charge in [-0.3, -0.25) is 4.79 Å². The van der Waals surface area contributed by atoms with E-state index >= 15 is 0 Å². The second kappa shape index (κ2) is 8.87. The highest BCUT2D eigenvalue weighted by Gasteiger charge is 2.19. The van der Waals surface area contributed by atoms with E-state index in [1.807, 2.05) is 37.3 Å². The van der Waals surface area contributed by atoms with Crippen LogP contribution in [0.4, 0.5) is 0 Å². The third kappa shape index (κ3) is 4.81. The molecule has 7 heteroatoms. The highest BCUT2D eigenvalue weighted by Crippen LogP contribution is 2.21. The number of aromatic nitrogens is 2. The highest BCUT2D eigenvalue weighted by molar-refractivity contribution is 5.96. The number of benzene rings is 2. The van der Waals surface area contributed by atoms with E-state index in [1.165, 1.54) is 0 Å². The number of nitrogens with one attached hydrogen (secondary N) is 1. The van der Waals surface area contributed by atoms with Crippen LogP contribution in [-0.4, -0.2) is 35.3 Å². The number of nitrogens with zero attached hydrogens (tertiary/aromatic N) is 2. The average Bonchev–Trinajstić information content (AvgIpc) is 3.43. The summed E-state index contributed by atoms with van der Waals surface area (Å²) in [5, 5.41) is 6.91. The van der Waals surface area contributed by atoms with Gasteiger partial charge in [0.25, 0.3) is 11.8 Å². The number of rotatable bonds is 7. The number of aryl methyl sites for hydroxylation is 1. The van der Waals surface area contributed by atoms with Crippen molar-refractivity contribution in [3.63, 3.8) is 0 Å². The Hall–Kier alpha value is -3.19. The Balaban J connectivity index is 1.38. The largest absolute Gasteiger partial charge is 0.483 e. The molecule has 1 fully saturated rings. The van der Waals surface area contributed by atoms with Crippen molar-refractivity contribution in [1.29, 1.82) is 0 Å². The van der Waals surface area contributed by atoms with Gasteiger partial charge in [0.1, 0.15) is 5.75 Å². The third-order valence-electron chi connectivity index (χ3n) is 4.77. The number of hydrogen-bond donors (Lipinski definition) is 1. The zero-order valence-corrected chi connectivity index (χ0v) is 16.3. The fourth-order valence-corrected chi connectivity index (χ4v) is 3.16. The van der Waals surface area contributed by atoms with E-state index in [0.29, 0.717) is 29.6 Å². The van der Waals surface area contributed by atoms with Gasteiger partial charge in [0.05, 0.1) is 11.7 Å². The summed E-state index contributed by atoms with van der Waals surface area (Å²) >= 11 is 0. The summed E-state index contributed by atoms with van der Waals surface area (Å²) in [5.41, 5.74) is 2.50. The number of ether oxygens (including phenoxy) is 2. The smallest absolute Gasteiger partial charge is 0.264 e. The van der Waals surface area contributed by atoms with Crippen molar-refractivity contribution in [2.45, 2.75) is 32.5 Å². The van der Waals surface area contributed by atoms with Crippen LogP contribution in [0.1, 0.15) is 34.7 Å². The van der Waals surface area contributed by atoms with Gasteiger partial charge in [-0.05, 0) is 31.9 Å². The monoisotopic (exact) mass is 393 g/mol. The standard InChI is InChI=1S/C22H23N3O4/c1-15-8-10-16(11-9-15)21-24-20(29-25-21)14-28-19-7-3-2-6-18(19)22(26)23-13-17-5-4-12-27-17/h2-3,6-11,17H,4-5,12-14H2,1H3,(H,23,26)/t17-/m1/s1. The third-order valence-corrected chi connectivity index (χ3v) is 4.77. The number of amides is 1. The van der Waals surface area contributed by atoms with Crippen LogP contribution in [0, 0.1) is 6.92 Å². The Morgan fingerprint density at radius 3 is 2.83 bits per heavy atom. The lowest BCUT2D eigenvalue weighted by Gasteiger charge is -2.13. The summed E-state index contributed by atoms with van der Waals surface area (Å²) in [7, 11) is 0. The first-order valence-corrected chi connectivity index (χ1v) is 9.70. The van der Waals surface area contributed by atoms with Crippen LogP contribution in [0.3, 0.4) is 0 Å². The van der Waals surface area contributed by atoms with Crippen LogP contribution in [0.5, 0.6) is 5.75 Å². The van der Waals surface area contributed by atoms with Gasteiger partial charge < -0.3 is 19.3 Å². The van der Waals surface area contributed by atoms with Crippen molar-refractivity contribution in [3.8, 4) is 17.1 Å². The molecule has 1 atom stereocenters. The molecule has 0 radical (unpaired) electrons. The average molecular weight is 393 g/mol. The zero-order valence-electron chi connectivity index (χ0n) is 16.3. The van der Waals surface area contributed by atoms with Crippen molar-refractivity contribution >= 4 is 5.91 Å². The SMILES string of the molecule is Cc1ccc(-c2noc(COc3ccccc3C(=O)NC[C@H]3CCCO3)n2)cc1. The Morgan fingerprint density at radius 2 is 2.03 bits per heavy atom. The predicted molar refractivity (Wildman–Crippen MR) is 107 cm³/mol. The van der Waals surface area contributed by atoms with Crippen LogP contribution >= 0.6 is 0 Å². The molecular formula is C22H23N3O4. The van der Waals surface area contributed by atoms with E-state index in [4.69, 9.17) is 14.0 Å². The first-order valence-electron chi connectivity index (χ1n) is 9.70. The van der Waals surface area contributed by atoms with Gasteiger partial charge in [-0.25, -0.2) is 0 Å². The highest BCUT2D eigenvalue weighted by atomic mass is 16.5. The molecule has 2 aromatic carbocycles. The van der Waals surface area contributed by atoms with E-state index in [0.717, 1.165) is 30.6 Å². The molecule has 4 rings (SSSR count). The number of para-hydroxylation sites is 1. The molecule has 7 nitrogen and oxygen atoms in total. The molecule has 0 aliphatic carbocycles. The lowest BCUT2D eigenvalue weighted by Crippen LogP contribution is -2.32. The van der Waals surface area contributed by atoms with Crippen molar-refractivity contribution in [2.75, 3.05) is 13.2 Å². The van der Waals surface area contributed by atoms with Gasteiger partial charge in [-0.2, -0.15) is 4.98 Å². The van der Waals surface area contributed by atoms with Gasteiger partial charge in [0.2, 0.25) is 5.82 Å². The second-order valence-corrected chi connectivity index (χ2v) is 7.01. The minimum Gasteiger partial charge on any atom is -0.483 e. The molecule has 1 amide bonds. The number of carbonyl (C=O) groups excluding carboxylic acids is 1. The first-order chi connectivity index (χ1) is 14.2. The Morgan fingerprint density at radius 1 is 1.21 bits per heavy atom. The lowest BCUT2D eigenvalue weighted by atomic mass is 10.1. The minimum absolute atomic E-state index is 0.0783. The van der Waals surface area contributed by atoms with E-state index in [2.05, 4.69) is 15.5 Å². The van der Waals surface area contributed by atoms with Crippen molar-refractivity contribution in [1.82, 2.24) is 15.5 Å². The van der Waals surface area contributed by atoms with Crippen LogP contribution in [0.15, 0.2) is 53.1 Å². The van der Waals surface area contributed by atoms with Crippen LogP contribution < -0.4 is 10.1 Å². The Labute approximate surface area is 169 Å². The maximum atomic E-state index is 12.6. The van der Waals surface area contributed by atoms with Gasteiger partial charge >= 0.3 is 0 Å². The summed E-state index contributed by atoms with van der Waals surface area (Å²) < 4.78 is 16.6. The maximum absolute atomic E-state index is 12.6. The van der Waals surface area contributed by atoms with Crippen LogP contribution in [0.2, 0.25) is 0 Å². The van der Waals surface area contributed by atoms with E-state index < -0.39 is 0 Å². The minimum atomic E-state index is -0.193. The van der Waals surface area contributed by atoms with E-state index in [9.17, 15) is 4.79 Å². The van der Waals surface area contributed by atoms with Crippen LogP contribution in [-0.2, 0) is 11.3 Å². The molecule has 0 spiro atoms. The molecular weight excluding hydrogens is 370 g/mol. The molecule has 1 saturated heterocycles. The van der Waals surface area contributed by atoms with Gasteiger partial charge in [0, 0.05) is 18.7 Å². The number of hydrogen-bond acceptors (Lipinski definition) is 6. The molecule has 0 saturated carbocycles. The molecule has 29 heavy (non-hydrogen) atoms. The molecule has 1 aliphatic rings. The first kappa shape index (κ1) is 19.1. The quantitative estimate of drug-likeness (QED) is 0.661. The van der Waals surface area contributed by atoms with E-state index in [-0.39, 0.29) is 18.6 Å². The maximum Gasteiger partial charge on any atom is 0.264 e. The Kier molecular flexibility index (Phi) is 5.86. The summed E-state index contributed by atoms with van der Waals surface area (Å²) in [6, 6.07) is 15.0. The molecule has 0 bridgehead atoms. The summed E-state index contributed by atoms with van der Waals surface area (Å²) in [4.78, 5) is 16.9. The molecule has 150 valence electrons. The fraction of sp³-hybridized carbons (Fsp3) is 0.318. The molecule has 1 aliphatic heterocycles. The number of carbonyl (C=O) groups is 1.